The van der Waals surface area contributed by atoms with Crippen molar-refractivity contribution in [3.05, 3.63) is 95.8 Å². The van der Waals surface area contributed by atoms with Gasteiger partial charge < -0.3 is 9.47 Å². The summed E-state index contributed by atoms with van der Waals surface area (Å²) in [5.41, 5.74) is 3.82. The first kappa shape index (κ1) is 17.3. The van der Waals surface area contributed by atoms with Gasteiger partial charge in [-0.05, 0) is 48.4 Å². The Bertz CT molecular complexity index is 943. The van der Waals surface area contributed by atoms with Crippen molar-refractivity contribution < 1.29 is 4.79 Å². The molecule has 3 heteroatoms. The molecule has 3 nitrogen and oxygen atoms in total. The molecule has 2 aliphatic carbocycles. The average Bonchev–Trinajstić information content (AvgIpc) is 3.66. The molecule has 1 heterocycles. The van der Waals surface area contributed by atoms with Gasteiger partial charge in [-0.15, -0.1) is 0 Å². The zero-order valence-electron chi connectivity index (χ0n) is 16.1. The second kappa shape index (κ2) is 7.31. The normalized spacial score (nSPS) is 20.7. The van der Waals surface area contributed by atoms with Gasteiger partial charge in [0.15, 0.2) is 0 Å². The molecule has 0 N–H and O–H groups in total. The van der Waals surface area contributed by atoms with Crippen LogP contribution in [0.3, 0.4) is 0 Å². The van der Waals surface area contributed by atoms with Crippen molar-refractivity contribution in [2.24, 2.45) is 5.92 Å². The molecule has 2 saturated carbocycles. The Morgan fingerprint density at radius 2 is 1.64 bits per heavy atom. The summed E-state index contributed by atoms with van der Waals surface area (Å²) in [7, 11) is 0. The lowest BCUT2D eigenvalue weighted by Crippen LogP contribution is -2.34. The van der Waals surface area contributed by atoms with Gasteiger partial charge in [0.1, 0.15) is 0 Å². The maximum Gasteiger partial charge on any atom is 0.226 e. The lowest BCUT2D eigenvalue weighted by molar-refractivity contribution is -0.134. The molecule has 0 bridgehead atoms. The van der Waals surface area contributed by atoms with E-state index in [2.05, 4.69) is 76.3 Å². The summed E-state index contributed by atoms with van der Waals surface area (Å²) in [4.78, 5) is 15.4. The molecular weight excluding hydrogens is 344 g/mol. The Labute approximate surface area is 166 Å². The van der Waals surface area contributed by atoms with E-state index in [-0.39, 0.29) is 5.92 Å². The third kappa shape index (κ3) is 3.62. The Balaban J connectivity index is 1.30. The number of carbonyl (C=O) groups is 1. The van der Waals surface area contributed by atoms with E-state index in [1.165, 1.54) is 16.8 Å². The van der Waals surface area contributed by atoms with Crippen molar-refractivity contribution in [1.82, 2.24) is 9.47 Å². The van der Waals surface area contributed by atoms with Crippen LogP contribution in [0.4, 0.5) is 0 Å². The highest BCUT2D eigenvalue weighted by molar-refractivity contribution is 5.83. The smallest absolute Gasteiger partial charge is 0.226 e. The fourth-order valence-corrected chi connectivity index (χ4v) is 4.22. The predicted molar refractivity (Wildman–Crippen MR) is 111 cm³/mol. The van der Waals surface area contributed by atoms with Crippen molar-refractivity contribution in [1.29, 1.82) is 0 Å². The molecule has 142 valence electrons. The number of nitrogens with zero attached hydrogens (tertiary/aromatic N) is 2. The summed E-state index contributed by atoms with van der Waals surface area (Å²) < 4.78 is 2.28. The predicted octanol–water partition coefficient (Wildman–Crippen LogP) is 4.83. The van der Waals surface area contributed by atoms with Gasteiger partial charge in [0.2, 0.25) is 5.91 Å². The highest BCUT2D eigenvalue weighted by Crippen LogP contribution is 2.49. The minimum atomic E-state index is 0.167. The fourth-order valence-electron chi connectivity index (χ4n) is 4.22. The molecule has 2 atom stereocenters. The van der Waals surface area contributed by atoms with Crippen LogP contribution in [0.25, 0.3) is 0 Å². The van der Waals surface area contributed by atoms with E-state index in [1.807, 2.05) is 12.1 Å². The number of aromatic nitrogens is 1. The third-order valence-electron chi connectivity index (χ3n) is 6.06. The quantitative estimate of drug-likeness (QED) is 0.585. The first-order valence-electron chi connectivity index (χ1n) is 10.3. The van der Waals surface area contributed by atoms with Crippen LogP contribution in [0.15, 0.2) is 79.0 Å². The van der Waals surface area contributed by atoms with Crippen molar-refractivity contribution in [2.75, 3.05) is 0 Å². The number of amides is 1. The highest BCUT2D eigenvalue weighted by Gasteiger charge is 2.48. The first-order valence-corrected chi connectivity index (χ1v) is 10.3. The average molecular weight is 370 g/mol. The molecule has 0 saturated heterocycles. The van der Waals surface area contributed by atoms with Crippen LogP contribution in [0, 0.1) is 5.92 Å². The Kier molecular flexibility index (Phi) is 4.52. The molecule has 0 radical (unpaired) electrons. The van der Waals surface area contributed by atoms with Gasteiger partial charge in [-0.3, -0.25) is 4.79 Å². The van der Waals surface area contributed by atoms with Gasteiger partial charge in [-0.25, -0.2) is 0 Å². The van der Waals surface area contributed by atoms with Crippen LogP contribution < -0.4 is 0 Å². The summed E-state index contributed by atoms with van der Waals surface area (Å²) >= 11 is 0. The second-order valence-electron chi connectivity index (χ2n) is 8.17. The highest BCUT2D eigenvalue weighted by atomic mass is 16.2. The zero-order valence-corrected chi connectivity index (χ0v) is 16.1. The largest absolute Gasteiger partial charge is 0.345 e. The summed E-state index contributed by atoms with van der Waals surface area (Å²) in [6.45, 7) is 1.58. The topological polar surface area (TPSA) is 25.2 Å². The Morgan fingerprint density at radius 1 is 0.929 bits per heavy atom. The molecule has 0 spiro atoms. The molecular formula is C25H26N2O. The maximum atomic E-state index is 13.3. The minimum Gasteiger partial charge on any atom is -0.345 e. The molecule has 28 heavy (non-hydrogen) atoms. The summed E-state index contributed by atoms with van der Waals surface area (Å²) in [5.74, 6) is 0.926. The maximum absolute atomic E-state index is 13.3. The van der Waals surface area contributed by atoms with Gasteiger partial charge in [-0.1, -0.05) is 60.7 Å². The van der Waals surface area contributed by atoms with Crippen molar-refractivity contribution in [3.63, 3.8) is 0 Å². The molecule has 2 aliphatic rings. The van der Waals surface area contributed by atoms with Crippen LogP contribution in [-0.2, 0) is 17.9 Å². The fraction of sp³-hybridized carbons (Fsp3) is 0.320. The lowest BCUT2D eigenvalue weighted by Gasteiger charge is -2.24. The lowest BCUT2D eigenvalue weighted by atomic mass is 10.1. The van der Waals surface area contributed by atoms with E-state index in [9.17, 15) is 4.79 Å². The first-order chi connectivity index (χ1) is 13.8. The van der Waals surface area contributed by atoms with Gasteiger partial charge >= 0.3 is 0 Å². The molecule has 0 unspecified atom stereocenters. The standard InChI is InChI=1S/C25H26N2O/c28-25(24-16-23(24)20-10-5-2-6-11-20)27(21-13-14-21)18-22-12-7-15-26(22)17-19-8-3-1-4-9-19/h1-12,15,21,23-24H,13-14,16-18H2/t23-,24+/m0/s1. The summed E-state index contributed by atoms with van der Waals surface area (Å²) in [5, 5.41) is 0. The number of carbonyl (C=O) groups excluding carboxylic acids is 1. The third-order valence-corrected chi connectivity index (χ3v) is 6.06. The Hall–Kier alpha value is -2.81. The molecule has 2 aromatic carbocycles. The molecule has 2 fully saturated rings. The van der Waals surface area contributed by atoms with Crippen LogP contribution in [0.5, 0.6) is 0 Å². The number of rotatable bonds is 7. The Morgan fingerprint density at radius 3 is 2.36 bits per heavy atom. The van der Waals surface area contributed by atoms with E-state index in [0.717, 1.165) is 32.4 Å². The molecule has 1 amide bonds. The zero-order chi connectivity index (χ0) is 18.9. The van der Waals surface area contributed by atoms with E-state index >= 15 is 0 Å². The van der Waals surface area contributed by atoms with Crippen molar-refractivity contribution in [3.8, 4) is 0 Å². The number of hydrogen-bond acceptors (Lipinski definition) is 1. The summed E-state index contributed by atoms with van der Waals surface area (Å²) in [6, 6.07) is 25.7. The van der Waals surface area contributed by atoms with Gasteiger partial charge in [0, 0.05) is 30.4 Å². The minimum absolute atomic E-state index is 0.167. The number of hydrogen-bond donors (Lipinski definition) is 0. The van der Waals surface area contributed by atoms with Crippen molar-refractivity contribution in [2.45, 2.75) is 44.3 Å². The van der Waals surface area contributed by atoms with Gasteiger partial charge in [-0.2, -0.15) is 0 Å². The number of benzene rings is 2. The monoisotopic (exact) mass is 370 g/mol. The van der Waals surface area contributed by atoms with E-state index in [4.69, 9.17) is 0 Å². The summed E-state index contributed by atoms with van der Waals surface area (Å²) in [6.07, 6.45) is 5.42. The van der Waals surface area contributed by atoms with E-state index in [1.54, 1.807) is 0 Å². The molecule has 3 aromatic rings. The van der Waals surface area contributed by atoms with Crippen LogP contribution in [0.1, 0.15) is 42.0 Å². The molecule has 5 rings (SSSR count). The van der Waals surface area contributed by atoms with Crippen molar-refractivity contribution >= 4 is 5.91 Å². The van der Waals surface area contributed by atoms with Crippen LogP contribution in [-0.4, -0.2) is 21.4 Å². The van der Waals surface area contributed by atoms with Crippen LogP contribution >= 0.6 is 0 Å². The van der Waals surface area contributed by atoms with E-state index in [0.29, 0.717) is 17.9 Å². The molecule has 0 aliphatic heterocycles. The second-order valence-corrected chi connectivity index (χ2v) is 8.17. The van der Waals surface area contributed by atoms with Gasteiger partial charge in [0.05, 0.1) is 6.54 Å². The molecule has 1 aromatic heterocycles. The van der Waals surface area contributed by atoms with Crippen LogP contribution in [0.2, 0.25) is 0 Å². The van der Waals surface area contributed by atoms with E-state index < -0.39 is 0 Å². The SMILES string of the molecule is O=C([C@@H]1C[C@H]1c1ccccc1)N(Cc1cccn1Cc1ccccc1)C1CC1. The van der Waals surface area contributed by atoms with Gasteiger partial charge in [0.25, 0.3) is 0 Å².